The van der Waals surface area contributed by atoms with E-state index < -0.39 is 5.60 Å². The van der Waals surface area contributed by atoms with Gasteiger partial charge in [-0.15, -0.1) is 0 Å². The summed E-state index contributed by atoms with van der Waals surface area (Å²) < 4.78 is 0. The molecule has 1 saturated carbocycles. The second-order valence-corrected chi connectivity index (χ2v) is 7.35. The fourth-order valence-electron chi connectivity index (χ4n) is 3.57. The van der Waals surface area contributed by atoms with Gasteiger partial charge in [-0.2, -0.15) is 0 Å². The van der Waals surface area contributed by atoms with E-state index >= 15 is 0 Å². The zero-order valence-electron chi connectivity index (χ0n) is 16.5. The SMILES string of the molecule is O=C(c1ccccc1)C1(O)CCCCC1.O=C(c1ccccc1)c1ccccc1. The highest BCUT2D eigenvalue weighted by atomic mass is 16.3. The van der Waals surface area contributed by atoms with Gasteiger partial charge < -0.3 is 5.11 Å². The Hall–Kier alpha value is -3.04. The average Bonchev–Trinajstić information content (AvgIpc) is 2.81. The molecule has 0 aromatic heterocycles. The molecule has 4 rings (SSSR count). The van der Waals surface area contributed by atoms with Gasteiger partial charge in [-0.05, 0) is 12.8 Å². The van der Waals surface area contributed by atoms with Crippen molar-refractivity contribution >= 4 is 11.6 Å². The van der Waals surface area contributed by atoms with E-state index in [0.29, 0.717) is 18.4 Å². The van der Waals surface area contributed by atoms with Gasteiger partial charge in [0.1, 0.15) is 5.60 Å². The third-order valence-corrected chi connectivity index (χ3v) is 5.21. The molecule has 3 nitrogen and oxygen atoms in total. The van der Waals surface area contributed by atoms with Crippen LogP contribution in [0.5, 0.6) is 0 Å². The molecule has 148 valence electrons. The van der Waals surface area contributed by atoms with Crippen LogP contribution in [0.4, 0.5) is 0 Å². The first-order valence-electron chi connectivity index (χ1n) is 10.1. The van der Waals surface area contributed by atoms with Crippen LogP contribution in [0.1, 0.15) is 58.4 Å². The number of hydrogen-bond acceptors (Lipinski definition) is 3. The number of hydrogen-bond donors (Lipinski definition) is 1. The van der Waals surface area contributed by atoms with Crippen molar-refractivity contribution in [2.24, 2.45) is 0 Å². The first kappa shape index (κ1) is 20.7. The molecular weight excluding hydrogens is 360 g/mol. The van der Waals surface area contributed by atoms with Crippen LogP contribution in [0.25, 0.3) is 0 Å². The molecule has 0 radical (unpaired) electrons. The van der Waals surface area contributed by atoms with Crippen LogP contribution in [0.2, 0.25) is 0 Å². The Bertz CT molecular complexity index is 870. The molecule has 0 heterocycles. The van der Waals surface area contributed by atoms with Crippen LogP contribution in [-0.4, -0.2) is 22.3 Å². The number of Topliss-reactive ketones (excluding diaryl/α,β-unsaturated/α-hetero) is 1. The Morgan fingerprint density at radius 3 is 1.38 bits per heavy atom. The second kappa shape index (κ2) is 9.94. The Morgan fingerprint density at radius 1 is 0.586 bits per heavy atom. The molecule has 1 fully saturated rings. The summed E-state index contributed by atoms with van der Waals surface area (Å²) in [6.07, 6.45) is 4.26. The molecule has 3 aromatic rings. The van der Waals surface area contributed by atoms with E-state index in [-0.39, 0.29) is 11.6 Å². The third-order valence-electron chi connectivity index (χ3n) is 5.21. The minimum absolute atomic E-state index is 0.0752. The van der Waals surface area contributed by atoms with E-state index in [9.17, 15) is 14.7 Å². The molecule has 1 aliphatic carbocycles. The van der Waals surface area contributed by atoms with Gasteiger partial charge >= 0.3 is 0 Å². The molecule has 3 heteroatoms. The first-order chi connectivity index (χ1) is 14.1. The number of aliphatic hydroxyl groups is 1. The predicted molar refractivity (Wildman–Crippen MR) is 115 cm³/mol. The Balaban J connectivity index is 0.000000166. The fraction of sp³-hybridized carbons (Fsp3) is 0.231. The van der Waals surface area contributed by atoms with Crippen molar-refractivity contribution in [2.75, 3.05) is 0 Å². The van der Waals surface area contributed by atoms with Crippen LogP contribution in [-0.2, 0) is 0 Å². The van der Waals surface area contributed by atoms with Gasteiger partial charge in [0.25, 0.3) is 0 Å². The summed E-state index contributed by atoms with van der Waals surface area (Å²) >= 11 is 0. The quantitative estimate of drug-likeness (QED) is 0.604. The molecule has 1 N–H and O–H groups in total. The van der Waals surface area contributed by atoms with Crippen LogP contribution < -0.4 is 0 Å². The molecule has 0 spiro atoms. The smallest absolute Gasteiger partial charge is 0.194 e. The molecule has 1 aliphatic rings. The Morgan fingerprint density at radius 2 is 0.966 bits per heavy atom. The standard InChI is InChI=1S/C13H16O2.C13H10O/c14-12(11-7-3-1-4-8-11)13(15)9-5-2-6-10-13;14-13(11-7-3-1-4-8-11)12-9-5-2-6-10-12/h1,3-4,7-8,15H,2,5-6,9-10H2;1-10H. The van der Waals surface area contributed by atoms with Gasteiger partial charge in [-0.3, -0.25) is 9.59 Å². The second-order valence-electron chi connectivity index (χ2n) is 7.35. The van der Waals surface area contributed by atoms with Crippen molar-refractivity contribution < 1.29 is 14.7 Å². The van der Waals surface area contributed by atoms with E-state index in [1.54, 1.807) is 12.1 Å². The summed E-state index contributed by atoms with van der Waals surface area (Å²) in [5.74, 6) is -0.0333. The summed E-state index contributed by atoms with van der Waals surface area (Å²) in [6.45, 7) is 0. The molecule has 29 heavy (non-hydrogen) atoms. The van der Waals surface area contributed by atoms with Crippen LogP contribution in [0, 0.1) is 0 Å². The highest BCUT2D eigenvalue weighted by Gasteiger charge is 2.37. The maximum Gasteiger partial charge on any atom is 0.194 e. The summed E-state index contributed by atoms with van der Waals surface area (Å²) in [4.78, 5) is 23.9. The lowest BCUT2D eigenvalue weighted by molar-refractivity contribution is 0.0116. The van der Waals surface area contributed by atoms with Crippen molar-refractivity contribution in [1.29, 1.82) is 0 Å². The van der Waals surface area contributed by atoms with E-state index in [1.165, 1.54) is 0 Å². The molecule has 0 amide bonds. The van der Waals surface area contributed by atoms with E-state index in [0.717, 1.165) is 30.4 Å². The summed E-state index contributed by atoms with van der Waals surface area (Å²) in [7, 11) is 0. The Labute approximate surface area is 172 Å². The molecule has 0 unspecified atom stereocenters. The average molecular weight is 386 g/mol. The normalized spacial score (nSPS) is 14.9. The topological polar surface area (TPSA) is 54.4 Å². The number of benzene rings is 3. The van der Waals surface area contributed by atoms with E-state index in [4.69, 9.17) is 0 Å². The number of carbonyl (C=O) groups excluding carboxylic acids is 2. The van der Waals surface area contributed by atoms with Gasteiger partial charge in [0.05, 0.1) is 0 Å². The highest BCUT2D eigenvalue weighted by Crippen LogP contribution is 2.31. The molecule has 3 aromatic carbocycles. The molecular formula is C26H26O3. The zero-order chi connectivity index (χ0) is 20.5. The maximum atomic E-state index is 12.1. The summed E-state index contributed by atoms with van der Waals surface area (Å²) in [5, 5.41) is 10.2. The van der Waals surface area contributed by atoms with Gasteiger partial charge in [-0.1, -0.05) is 110 Å². The van der Waals surface area contributed by atoms with Crippen molar-refractivity contribution in [3.63, 3.8) is 0 Å². The van der Waals surface area contributed by atoms with Crippen LogP contribution >= 0.6 is 0 Å². The lowest BCUT2D eigenvalue weighted by atomic mass is 9.79. The summed E-state index contributed by atoms with van der Waals surface area (Å²) in [6, 6.07) is 27.7. The van der Waals surface area contributed by atoms with Crippen molar-refractivity contribution in [3.8, 4) is 0 Å². The zero-order valence-corrected chi connectivity index (χ0v) is 16.5. The molecule has 0 atom stereocenters. The van der Waals surface area contributed by atoms with Gasteiger partial charge in [0, 0.05) is 16.7 Å². The van der Waals surface area contributed by atoms with Crippen molar-refractivity contribution in [1.82, 2.24) is 0 Å². The highest BCUT2D eigenvalue weighted by molar-refractivity contribution is 6.08. The minimum Gasteiger partial charge on any atom is -0.382 e. The largest absolute Gasteiger partial charge is 0.382 e. The summed E-state index contributed by atoms with van der Waals surface area (Å²) in [5.41, 5.74) is 0.999. The van der Waals surface area contributed by atoms with Crippen molar-refractivity contribution in [2.45, 2.75) is 37.7 Å². The number of ketones is 2. The van der Waals surface area contributed by atoms with E-state index in [2.05, 4.69) is 0 Å². The van der Waals surface area contributed by atoms with Gasteiger partial charge in [0.2, 0.25) is 0 Å². The lowest BCUT2D eigenvalue weighted by Gasteiger charge is -2.30. The minimum atomic E-state index is -1.10. The number of carbonyl (C=O) groups is 2. The van der Waals surface area contributed by atoms with Crippen molar-refractivity contribution in [3.05, 3.63) is 108 Å². The lowest BCUT2D eigenvalue weighted by Crippen LogP contribution is -2.40. The third kappa shape index (κ3) is 5.49. The van der Waals surface area contributed by atoms with Crippen LogP contribution in [0.3, 0.4) is 0 Å². The number of rotatable bonds is 4. The first-order valence-corrected chi connectivity index (χ1v) is 10.1. The van der Waals surface area contributed by atoms with E-state index in [1.807, 2.05) is 78.9 Å². The monoisotopic (exact) mass is 386 g/mol. The Kier molecular flexibility index (Phi) is 7.09. The molecule has 0 saturated heterocycles. The van der Waals surface area contributed by atoms with Gasteiger partial charge in [-0.25, -0.2) is 0 Å². The maximum absolute atomic E-state index is 12.1. The molecule has 0 bridgehead atoms. The fourth-order valence-corrected chi connectivity index (χ4v) is 3.57. The van der Waals surface area contributed by atoms with Crippen LogP contribution in [0.15, 0.2) is 91.0 Å². The predicted octanol–water partition coefficient (Wildman–Crippen LogP) is 5.48. The molecule has 0 aliphatic heterocycles. The van der Waals surface area contributed by atoms with Gasteiger partial charge in [0.15, 0.2) is 11.6 Å².